The molecule has 0 spiro atoms. The standard InChI is InChI=1S/C17H20N2O2/c1-12(2)13-4-8-15(9-5-13)18-19-16-10-6-14(7-11-16)17(20)21-3/h4-12,18-19H,1-3H3. The van der Waals surface area contributed by atoms with E-state index in [1.54, 1.807) is 12.1 Å². The number of esters is 1. The molecule has 4 nitrogen and oxygen atoms in total. The van der Waals surface area contributed by atoms with Gasteiger partial charge in [0.15, 0.2) is 0 Å². The van der Waals surface area contributed by atoms with Crippen LogP contribution in [0.15, 0.2) is 48.5 Å². The van der Waals surface area contributed by atoms with E-state index in [4.69, 9.17) is 0 Å². The minimum atomic E-state index is -0.334. The lowest BCUT2D eigenvalue weighted by atomic mass is 10.0. The van der Waals surface area contributed by atoms with Crippen LogP contribution in [-0.2, 0) is 4.74 Å². The van der Waals surface area contributed by atoms with E-state index in [0.29, 0.717) is 11.5 Å². The van der Waals surface area contributed by atoms with E-state index in [1.165, 1.54) is 12.7 Å². The quantitative estimate of drug-likeness (QED) is 0.643. The van der Waals surface area contributed by atoms with Crippen molar-refractivity contribution >= 4 is 17.3 Å². The van der Waals surface area contributed by atoms with Crippen LogP contribution in [0.5, 0.6) is 0 Å². The second kappa shape index (κ2) is 6.79. The van der Waals surface area contributed by atoms with E-state index >= 15 is 0 Å². The third-order valence-electron chi connectivity index (χ3n) is 3.23. The molecule has 0 saturated carbocycles. The Bertz CT molecular complexity index is 589. The molecule has 0 bridgehead atoms. The van der Waals surface area contributed by atoms with E-state index in [9.17, 15) is 4.79 Å². The van der Waals surface area contributed by atoms with Crippen LogP contribution >= 0.6 is 0 Å². The summed E-state index contributed by atoms with van der Waals surface area (Å²) >= 11 is 0. The summed E-state index contributed by atoms with van der Waals surface area (Å²) in [5, 5.41) is 0. The summed E-state index contributed by atoms with van der Waals surface area (Å²) in [5.74, 6) is 0.191. The second-order valence-corrected chi connectivity index (χ2v) is 5.10. The second-order valence-electron chi connectivity index (χ2n) is 5.10. The maximum absolute atomic E-state index is 11.3. The van der Waals surface area contributed by atoms with Crippen LogP contribution in [0.1, 0.15) is 35.7 Å². The predicted molar refractivity (Wildman–Crippen MR) is 85.6 cm³/mol. The molecule has 110 valence electrons. The van der Waals surface area contributed by atoms with E-state index in [0.717, 1.165) is 11.4 Å². The van der Waals surface area contributed by atoms with Crippen molar-refractivity contribution < 1.29 is 9.53 Å². The van der Waals surface area contributed by atoms with Gasteiger partial charge in [0, 0.05) is 0 Å². The Hall–Kier alpha value is -2.49. The Labute approximate surface area is 125 Å². The topological polar surface area (TPSA) is 50.4 Å². The molecule has 0 atom stereocenters. The van der Waals surface area contributed by atoms with Crippen molar-refractivity contribution in [3.05, 3.63) is 59.7 Å². The number of methoxy groups -OCH3 is 1. The summed E-state index contributed by atoms with van der Waals surface area (Å²) in [4.78, 5) is 11.3. The Kier molecular flexibility index (Phi) is 4.82. The molecular weight excluding hydrogens is 264 g/mol. The van der Waals surface area contributed by atoms with E-state index in [-0.39, 0.29) is 5.97 Å². The number of carbonyl (C=O) groups excluding carboxylic acids is 1. The van der Waals surface area contributed by atoms with Gasteiger partial charge < -0.3 is 15.6 Å². The fourth-order valence-corrected chi connectivity index (χ4v) is 1.90. The highest BCUT2D eigenvalue weighted by Crippen LogP contribution is 2.17. The van der Waals surface area contributed by atoms with E-state index in [1.807, 2.05) is 24.3 Å². The van der Waals surface area contributed by atoms with E-state index < -0.39 is 0 Å². The lowest BCUT2D eigenvalue weighted by Gasteiger charge is -2.11. The summed E-state index contributed by atoms with van der Waals surface area (Å²) in [5.41, 5.74) is 9.91. The van der Waals surface area contributed by atoms with Crippen LogP contribution < -0.4 is 10.9 Å². The lowest BCUT2D eigenvalue weighted by molar-refractivity contribution is 0.0601. The summed E-state index contributed by atoms with van der Waals surface area (Å²) in [7, 11) is 1.37. The number of hydrogen-bond acceptors (Lipinski definition) is 4. The Morgan fingerprint density at radius 2 is 1.38 bits per heavy atom. The van der Waals surface area contributed by atoms with Crippen molar-refractivity contribution in [2.75, 3.05) is 18.0 Å². The minimum absolute atomic E-state index is 0.334. The molecule has 2 N–H and O–H groups in total. The monoisotopic (exact) mass is 284 g/mol. The van der Waals surface area contributed by atoms with Gasteiger partial charge in [-0.3, -0.25) is 0 Å². The molecule has 0 aliphatic heterocycles. The number of ether oxygens (including phenoxy) is 1. The first-order valence-corrected chi connectivity index (χ1v) is 6.90. The highest BCUT2D eigenvalue weighted by molar-refractivity contribution is 5.89. The molecule has 0 aliphatic rings. The van der Waals surface area contributed by atoms with Gasteiger partial charge in [-0.1, -0.05) is 26.0 Å². The fraction of sp³-hybridized carbons (Fsp3) is 0.235. The third kappa shape index (κ3) is 3.99. The van der Waals surface area contributed by atoms with Crippen LogP contribution in [0.3, 0.4) is 0 Å². The van der Waals surface area contributed by atoms with Crippen molar-refractivity contribution in [2.24, 2.45) is 0 Å². The van der Waals surface area contributed by atoms with E-state index in [2.05, 4.69) is 41.6 Å². The summed E-state index contributed by atoms with van der Waals surface area (Å²) in [6.07, 6.45) is 0. The smallest absolute Gasteiger partial charge is 0.337 e. The van der Waals surface area contributed by atoms with Crippen LogP contribution in [-0.4, -0.2) is 13.1 Å². The molecule has 0 aliphatic carbocycles. The van der Waals surface area contributed by atoms with Gasteiger partial charge in [0.2, 0.25) is 0 Å². The molecule has 0 radical (unpaired) electrons. The highest BCUT2D eigenvalue weighted by atomic mass is 16.5. The highest BCUT2D eigenvalue weighted by Gasteiger charge is 2.04. The number of carbonyl (C=O) groups is 1. The minimum Gasteiger partial charge on any atom is -0.465 e. The van der Waals surface area contributed by atoms with Crippen LogP contribution in [0.25, 0.3) is 0 Å². The first-order valence-electron chi connectivity index (χ1n) is 6.90. The number of anilines is 2. The molecule has 2 aromatic rings. The zero-order valence-electron chi connectivity index (χ0n) is 12.5. The fourth-order valence-electron chi connectivity index (χ4n) is 1.90. The van der Waals surface area contributed by atoms with Gasteiger partial charge in [-0.25, -0.2) is 4.79 Å². The molecule has 0 saturated heterocycles. The van der Waals surface area contributed by atoms with Gasteiger partial charge in [-0.05, 0) is 47.9 Å². The zero-order chi connectivity index (χ0) is 15.2. The average molecular weight is 284 g/mol. The zero-order valence-corrected chi connectivity index (χ0v) is 12.5. The van der Waals surface area contributed by atoms with Crippen LogP contribution in [0.4, 0.5) is 11.4 Å². The number of nitrogens with one attached hydrogen (secondary N) is 2. The Morgan fingerprint density at radius 1 is 0.905 bits per heavy atom. The van der Waals surface area contributed by atoms with Crippen molar-refractivity contribution in [1.82, 2.24) is 0 Å². The molecule has 0 unspecified atom stereocenters. The molecule has 0 aromatic heterocycles. The number of hydrazine groups is 1. The Morgan fingerprint density at radius 3 is 1.81 bits per heavy atom. The largest absolute Gasteiger partial charge is 0.465 e. The van der Waals surface area contributed by atoms with Gasteiger partial charge in [0.25, 0.3) is 0 Å². The molecule has 2 rings (SSSR count). The lowest BCUT2D eigenvalue weighted by Crippen LogP contribution is -2.09. The normalized spacial score (nSPS) is 10.3. The summed E-state index contributed by atoms with van der Waals surface area (Å²) < 4.78 is 4.66. The molecule has 4 heteroatoms. The SMILES string of the molecule is COC(=O)c1ccc(NNc2ccc(C(C)C)cc2)cc1. The van der Waals surface area contributed by atoms with Gasteiger partial charge in [-0.2, -0.15) is 0 Å². The molecule has 21 heavy (non-hydrogen) atoms. The van der Waals surface area contributed by atoms with Crippen LogP contribution in [0.2, 0.25) is 0 Å². The van der Waals surface area contributed by atoms with Crippen molar-refractivity contribution in [2.45, 2.75) is 19.8 Å². The van der Waals surface area contributed by atoms with Crippen LogP contribution in [0, 0.1) is 0 Å². The van der Waals surface area contributed by atoms with Gasteiger partial charge in [0.05, 0.1) is 24.0 Å². The molecular formula is C17H20N2O2. The molecule has 2 aromatic carbocycles. The van der Waals surface area contributed by atoms with Gasteiger partial charge in [0.1, 0.15) is 0 Å². The number of benzene rings is 2. The number of rotatable bonds is 5. The Balaban J connectivity index is 1.95. The number of hydrogen-bond donors (Lipinski definition) is 2. The average Bonchev–Trinajstić information content (AvgIpc) is 2.53. The van der Waals surface area contributed by atoms with Gasteiger partial charge >= 0.3 is 5.97 Å². The third-order valence-corrected chi connectivity index (χ3v) is 3.23. The maximum Gasteiger partial charge on any atom is 0.337 e. The van der Waals surface area contributed by atoms with Crippen molar-refractivity contribution in [3.8, 4) is 0 Å². The maximum atomic E-state index is 11.3. The first-order chi connectivity index (χ1) is 10.1. The first kappa shape index (κ1) is 14.9. The van der Waals surface area contributed by atoms with Gasteiger partial charge in [-0.15, -0.1) is 0 Å². The van der Waals surface area contributed by atoms with Crippen molar-refractivity contribution in [3.63, 3.8) is 0 Å². The summed E-state index contributed by atoms with van der Waals surface area (Å²) in [6.45, 7) is 4.34. The predicted octanol–water partition coefficient (Wildman–Crippen LogP) is 4.04. The molecule has 0 heterocycles. The van der Waals surface area contributed by atoms with Crippen molar-refractivity contribution in [1.29, 1.82) is 0 Å². The molecule has 0 fully saturated rings. The molecule has 0 amide bonds. The summed E-state index contributed by atoms with van der Waals surface area (Å²) in [6, 6.07) is 15.4.